The smallest absolute Gasteiger partial charge is 0.322 e. The minimum Gasteiger partial charge on any atom is -0.322 e. The van der Waals surface area contributed by atoms with Crippen molar-refractivity contribution >= 4 is 23.4 Å². The molecule has 1 N–H and O–H groups in total. The second-order valence-electron chi connectivity index (χ2n) is 4.09. The van der Waals surface area contributed by atoms with Crippen LogP contribution in [0.5, 0.6) is 0 Å². The molecular weight excluding hydrogens is 301 g/mol. The maximum absolute atomic E-state index is 12.4. The fourth-order valence-electron chi connectivity index (χ4n) is 1.67. The van der Waals surface area contributed by atoms with Gasteiger partial charge in [-0.25, -0.2) is 4.98 Å². The van der Waals surface area contributed by atoms with Gasteiger partial charge >= 0.3 is 6.18 Å². The fraction of sp³-hybridized carbons (Fsp3) is 0.143. The summed E-state index contributed by atoms with van der Waals surface area (Å²) >= 11 is 1.32. The maximum Gasteiger partial charge on any atom is 0.416 e. The molecule has 1 aromatic heterocycles. The van der Waals surface area contributed by atoms with E-state index in [9.17, 15) is 18.0 Å². The zero-order valence-corrected chi connectivity index (χ0v) is 11.8. The predicted octanol–water partition coefficient (Wildman–Crippen LogP) is 4.07. The molecule has 0 bridgehead atoms. The third-order valence-corrected chi connectivity index (χ3v) is 3.39. The molecule has 0 saturated carbocycles. The molecule has 1 heterocycles. The lowest BCUT2D eigenvalue weighted by molar-refractivity contribution is -0.137. The number of aromatic nitrogens is 1. The van der Waals surface area contributed by atoms with Crippen LogP contribution < -0.4 is 5.32 Å². The van der Waals surface area contributed by atoms with Crippen molar-refractivity contribution in [3.05, 3.63) is 53.7 Å². The van der Waals surface area contributed by atoms with Crippen molar-refractivity contribution in [1.82, 2.24) is 4.98 Å². The molecule has 0 aliphatic carbocycles. The Balaban J connectivity index is 2.16. The Labute approximate surface area is 123 Å². The maximum atomic E-state index is 12.4. The number of thioether (sulfide) groups is 1. The Kier molecular flexibility index (Phi) is 4.52. The molecule has 0 aliphatic heterocycles. The van der Waals surface area contributed by atoms with Gasteiger partial charge in [-0.3, -0.25) is 4.79 Å². The molecule has 110 valence electrons. The summed E-state index contributed by atoms with van der Waals surface area (Å²) in [5, 5.41) is 3.11. The van der Waals surface area contributed by atoms with Crippen LogP contribution in [0.2, 0.25) is 0 Å². The van der Waals surface area contributed by atoms with Gasteiger partial charge in [0.2, 0.25) is 0 Å². The largest absolute Gasteiger partial charge is 0.416 e. The van der Waals surface area contributed by atoms with Crippen LogP contribution in [0.25, 0.3) is 0 Å². The molecule has 2 aromatic rings. The lowest BCUT2D eigenvalue weighted by atomic mass is 10.2. The van der Waals surface area contributed by atoms with Crippen molar-refractivity contribution in [2.75, 3.05) is 11.6 Å². The van der Waals surface area contributed by atoms with Crippen molar-refractivity contribution in [2.45, 2.75) is 11.2 Å². The summed E-state index contributed by atoms with van der Waals surface area (Å²) in [6.45, 7) is 0. The first kappa shape index (κ1) is 15.4. The number of hydrogen-bond donors (Lipinski definition) is 1. The standard InChI is InChI=1S/C14H11F3N2OS/c1-21-13-11(3-2-8-18-13)12(20)19-10-6-4-9(5-7-10)14(15,16)17/h2-8H,1H3,(H,19,20). The Hall–Kier alpha value is -2.02. The van der Waals surface area contributed by atoms with E-state index < -0.39 is 17.6 Å². The number of alkyl halides is 3. The summed E-state index contributed by atoms with van der Waals surface area (Å²) in [5.41, 5.74) is -0.0829. The third-order valence-electron chi connectivity index (χ3n) is 2.68. The van der Waals surface area contributed by atoms with Crippen molar-refractivity contribution in [1.29, 1.82) is 0 Å². The van der Waals surface area contributed by atoms with Crippen molar-refractivity contribution in [3.63, 3.8) is 0 Å². The molecule has 2 rings (SSSR count). The zero-order chi connectivity index (χ0) is 15.5. The van der Waals surface area contributed by atoms with Gasteiger partial charge in [-0.2, -0.15) is 13.2 Å². The lowest BCUT2D eigenvalue weighted by Crippen LogP contribution is -2.14. The summed E-state index contributed by atoms with van der Waals surface area (Å²) < 4.78 is 37.3. The highest BCUT2D eigenvalue weighted by molar-refractivity contribution is 7.98. The van der Waals surface area contributed by atoms with Gasteiger partial charge in [0.1, 0.15) is 5.03 Å². The SMILES string of the molecule is CSc1ncccc1C(=O)Nc1ccc(C(F)(F)F)cc1. The quantitative estimate of drug-likeness (QED) is 0.869. The average Bonchev–Trinajstić information content (AvgIpc) is 2.46. The predicted molar refractivity (Wildman–Crippen MR) is 75.4 cm³/mol. The molecule has 0 radical (unpaired) electrons. The molecule has 0 spiro atoms. The van der Waals surface area contributed by atoms with Crippen LogP contribution in [0.1, 0.15) is 15.9 Å². The zero-order valence-electron chi connectivity index (χ0n) is 10.9. The second-order valence-corrected chi connectivity index (χ2v) is 4.88. The number of pyridine rings is 1. The van der Waals surface area contributed by atoms with E-state index in [-0.39, 0.29) is 0 Å². The van der Waals surface area contributed by atoms with Gasteiger partial charge in [-0.1, -0.05) is 0 Å². The first-order valence-corrected chi connectivity index (χ1v) is 7.12. The fourth-order valence-corrected chi connectivity index (χ4v) is 2.21. The highest BCUT2D eigenvalue weighted by Crippen LogP contribution is 2.30. The number of amides is 1. The van der Waals surface area contributed by atoms with Gasteiger partial charge in [-0.15, -0.1) is 11.8 Å². The van der Waals surface area contributed by atoms with E-state index in [1.165, 1.54) is 23.9 Å². The number of halogens is 3. The first-order valence-electron chi connectivity index (χ1n) is 5.89. The number of benzene rings is 1. The number of hydrogen-bond acceptors (Lipinski definition) is 3. The van der Waals surface area contributed by atoms with E-state index in [0.717, 1.165) is 12.1 Å². The summed E-state index contributed by atoms with van der Waals surface area (Å²) in [6.07, 6.45) is -1.03. The highest BCUT2D eigenvalue weighted by Gasteiger charge is 2.30. The Morgan fingerprint density at radius 2 is 1.86 bits per heavy atom. The van der Waals surface area contributed by atoms with Crippen LogP contribution in [0.4, 0.5) is 18.9 Å². The highest BCUT2D eigenvalue weighted by atomic mass is 32.2. The Bertz CT molecular complexity index is 641. The van der Waals surface area contributed by atoms with Gasteiger partial charge in [-0.05, 0) is 42.7 Å². The second kappa shape index (κ2) is 6.17. The van der Waals surface area contributed by atoms with E-state index in [0.29, 0.717) is 16.3 Å². The summed E-state index contributed by atoms with van der Waals surface area (Å²) in [6, 6.07) is 7.52. The van der Waals surface area contributed by atoms with E-state index >= 15 is 0 Å². The van der Waals surface area contributed by atoms with E-state index in [4.69, 9.17) is 0 Å². The molecule has 1 aromatic carbocycles. The molecule has 3 nitrogen and oxygen atoms in total. The minimum absolute atomic E-state index is 0.295. The summed E-state index contributed by atoms with van der Waals surface area (Å²) in [5.74, 6) is -0.410. The van der Waals surface area contributed by atoms with Crippen LogP contribution in [0.3, 0.4) is 0 Å². The van der Waals surface area contributed by atoms with Gasteiger partial charge in [0.25, 0.3) is 5.91 Å². The molecule has 0 aliphatic rings. The Morgan fingerprint density at radius 3 is 2.43 bits per heavy atom. The number of nitrogens with one attached hydrogen (secondary N) is 1. The molecule has 1 amide bonds. The van der Waals surface area contributed by atoms with Crippen LogP contribution >= 0.6 is 11.8 Å². The molecule has 0 fully saturated rings. The van der Waals surface area contributed by atoms with Crippen LogP contribution in [-0.4, -0.2) is 17.1 Å². The van der Waals surface area contributed by atoms with Crippen LogP contribution in [-0.2, 0) is 6.18 Å². The van der Waals surface area contributed by atoms with Gasteiger partial charge in [0.15, 0.2) is 0 Å². The summed E-state index contributed by atoms with van der Waals surface area (Å²) in [7, 11) is 0. The Morgan fingerprint density at radius 1 is 1.19 bits per heavy atom. The van der Waals surface area contributed by atoms with Gasteiger partial charge < -0.3 is 5.32 Å². The average molecular weight is 312 g/mol. The van der Waals surface area contributed by atoms with Gasteiger partial charge in [0, 0.05) is 11.9 Å². The van der Waals surface area contributed by atoms with E-state index in [1.807, 2.05) is 0 Å². The molecule has 0 unspecified atom stereocenters. The first-order chi connectivity index (χ1) is 9.91. The monoisotopic (exact) mass is 312 g/mol. The van der Waals surface area contributed by atoms with Crippen molar-refractivity contribution < 1.29 is 18.0 Å². The number of nitrogens with zero attached hydrogens (tertiary/aromatic N) is 1. The molecular formula is C14H11F3N2OS. The summed E-state index contributed by atoms with van der Waals surface area (Å²) in [4.78, 5) is 16.1. The topological polar surface area (TPSA) is 42.0 Å². The van der Waals surface area contributed by atoms with Crippen molar-refractivity contribution in [3.8, 4) is 0 Å². The molecule has 7 heteroatoms. The lowest BCUT2D eigenvalue weighted by Gasteiger charge is -2.10. The minimum atomic E-state index is -4.39. The number of rotatable bonds is 3. The van der Waals surface area contributed by atoms with E-state index in [2.05, 4.69) is 10.3 Å². The molecule has 21 heavy (non-hydrogen) atoms. The molecule has 0 atom stereocenters. The van der Waals surface area contributed by atoms with Crippen LogP contribution in [0, 0.1) is 0 Å². The van der Waals surface area contributed by atoms with E-state index in [1.54, 1.807) is 24.6 Å². The normalized spacial score (nSPS) is 11.2. The third kappa shape index (κ3) is 3.75. The van der Waals surface area contributed by atoms with Crippen LogP contribution in [0.15, 0.2) is 47.6 Å². The molecule has 0 saturated heterocycles. The number of carbonyl (C=O) groups is 1. The number of carbonyl (C=O) groups excluding carboxylic acids is 1. The number of anilines is 1. The van der Waals surface area contributed by atoms with Crippen molar-refractivity contribution in [2.24, 2.45) is 0 Å². The van der Waals surface area contributed by atoms with Gasteiger partial charge in [0.05, 0.1) is 11.1 Å².